The maximum atomic E-state index is 11.7. The molecule has 0 radical (unpaired) electrons. The lowest BCUT2D eigenvalue weighted by Crippen LogP contribution is -2.14. The minimum atomic E-state index is -0.368. The molecule has 0 saturated carbocycles. The average molecular weight is 260 g/mol. The highest BCUT2D eigenvalue weighted by atomic mass is 16.5. The van der Waals surface area contributed by atoms with Crippen LogP contribution in [0.2, 0.25) is 0 Å². The first-order valence-electron chi connectivity index (χ1n) is 5.92. The molecule has 1 heterocycles. The maximum Gasteiger partial charge on any atom is 0.328 e. The fraction of sp³-hybridized carbons (Fsp3) is 0.308. The van der Waals surface area contributed by atoms with E-state index in [1.165, 1.54) is 11.0 Å². The van der Waals surface area contributed by atoms with E-state index < -0.39 is 0 Å². The average Bonchev–Trinajstić information content (AvgIpc) is 2.74. The third-order valence-corrected chi connectivity index (χ3v) is 2.87. The van der Waals surface area contributed by atoms with Gasteiger partial charge < -0.3 is 10.5 Å². The number of nitrogen functional groups attached to an aromatic ring is 1. The molecular formula is C13H16N4O2. The van der Waals surface area contributed by atoms with E-state index in [1.807, 2.05) is 32.0 Å². The number of carbonyl (C=O) groups is 1. The molecule has 1 aromatic carbocycles. The lowest BCUT2D eigenvalue weighted by Gasteiger charge is -2.10. The van der Waals surface area contributed by atoms with Gasteiger partial charge in [-0.25, -0.2) is 9.67 Å². The third kappa shape index (κ3) is 3.31. The van der Waals surface area contributed by atoms with Crippen molar-refractivity contribution in [1.29, 1.82) is 0 Å². The molecule has 0 unspecified atom stereocenters. The normalized spacial score (nSPS) is 10.4. The van der Waals surface area contributed by atoms with Crippen molar-refractivity contribution >= 4 is 11.9 Å². The standard InChI is InChI=1S/C13H16N4O2/c1-9-4-3-5-10(2)11(9)7-19-12(18)6-17-8-15-13(14)16-17/h3-5,8H,6-7H2,1-2H3,(H2,14,16). The lowest BCUT2D eigenvalue weighted by molar-refractivity contribution is -0.145. The van der Waals surface area contributed by atoms with Crippen LogP contribution in [0.4, 0.5) is 5.95 Å². The van der Waals surface area contributed by atoms with Gasteiger partial charge in [-0.05, 0) is 30.5 Å². The second-order valence-electron chi connectivity index (χ2n) is 4.33. The number of ether oxygens (including phenoxy) is 1. The Kier molecular flexibility index (Phi) is 3.79. The molecule has 2 N–H and O–H groups in total. The molecule has 0 fully saturated rings. The van der Waals surface area contributed by atoms with Gasteiger partial charge in [0.15, 0.2) is 0 Å². The fourth-order valence-corrected chi connectivity index (χ4v) is 1.79. The van der Waals surface area contributed by atoms with Crippen molar-refractivity contribution < 1.29 is 9.53 Å². The first-order chi connectivity index (χ1) is 9.06. The van der Waals surface area contributed by atoms with Crippen molar-refractivity contribution in [2.75, 3.05) is 5.73 Å². The molecule has 2 rings (SSSR count). The number of aryl methyl sites for hydroxylation is 2. The quantitative estimate of drug-likeness (QED) is 0.836. The molecule has 0 aliphatic carbocycles. The molecule has 0 aliphatic rings. The summed E-state index contributed by atoms with van der Waals surface area (Å²) in [6.07, 6.45) is 1.40. The number of esters is 1. The van der Waals surface area contributed by atoms with Crippen molar-refractivity contribution in [3.8, 4) is 0 Å². The number of anilines is 1. The molecule has 0 bridgehead atoms. The first kappa shape index (κ1) is 13.1. The van der Waals surface area contributed by atoms with Gasteiger partial charge in [0, 0.05) is 0 Å². The van der Waals surface area contributed by atoms with Gasteiger partial charge in [0.25, 0.3) is 0 Å². The number of carbonyl (C=O) groups excluding carboxylic acids is 1. The van der Waals surface area contributed by atoms with Gasteiger partial charge in [0.05, 0.1) is 0 Å². The molecule has 2 aromatic rings. The van der Waals surface area contributed by atoms with Crippen LogP contribution in [0.25, 0.3) is 0 Å². The number of aromatic nitrogens is 3. The molecule has 0 aliphatic heterocycles. The van der Waals surface area contributed by atoms with Gasteiger partial charge >= 0.3 is 5.97 Å². The number of nitrogens with two attached hydrogens (primary N) is 1. The van der Waals surface area contributed by atoms with E-state index in [0.29, 0.717) is 0 Å². The largest absolute Gasteiger partial charge is 0.459 e. The van der Waals surface area contributed by atoms with E-state index in [0.717, 1.165) is 16.7 Å². The SMILES string of the molecule is Cc1cccc(C)c1COC(=O)Cn1cnc(N)n1. The van der Waals surface area contributed by atoms with Gasteiger partial charge in [-0.3, -0.25) is 4.79 Å². The Morgan fingerprint density at radius 1 is 1.37 bits per heavy atom. The Labute approximate surface area is 111 Å². The molecule has 0 amide bonds. The summed E-state index contributed by atoms with van der Waals surface area (Å²) in [4.78, 5) is 15.4. The fourth-order valence-electron chi connectivity index (χ4n) is 1.79. The van der Waals surface area contributed by atoms with E-state index in [2.05, 4.69) is 10.1 Å². The van der Waals surface area contributed by atoms with E-state index in [1.54, 1.807) is 0 Å². The highest BCUT2D eigenvalue weighted by Gasteiger charge is 2.08. The summed E-state index contributed by atoms with van der Waals surface area (Å²) in [5.41, 5.74) is 8.62. The molecule has 6 heteroatoms. The lowest BCUT2D eigenvalue weighted by atomic mass is 10.0. The zero-order valence-corrected chi connectivity index (χ0v) is 11.0. The first-order valence-corrected chi connectivity index (χ1v) is 5.92. The number of hydrogen-bond donors (Lipinski definition) is 1. The van der Waals surface area contributed by atoms with Crippen LogP contribution in [0.3, 0.4) is 0 Å². The molecule has 6 nitrogen and oxygen atoms in total. The van der Waals surface area contributed by atoms with Crippen molar-refractivity contribution in [1.82, 2.24) is 14.8 Å². The predicted molar refractivity (Wildman–Crippen MR) is 70.1 cm³/mol. The summed E-state index contributed by atoms with van der Waals surface area (Å²) in [7, 11) is 0. The molecular weight excluding hydrogens is 244 g/mol. The smallest absolute Gasteiger partial charge is 0.328 e. The third-order valence-electron chi connectivity index (χ3n) is 2.87. The van der Waals surface area contributed by atoms with Crippen LogP contribution in [-0.2, 0) is 22.7 Å². The highest BCUT2D eigenvalue weighted by molar-refractivity contribution is 5.69. The molecule has 100 valence electrons. The summed E-state index contributed by atoms with van der Waals surface area (Å²) >= 11 is 0. The van der Waals surface area contributed by atoms with Crippen molar-refractivity contribution in [2.45, 2.75) is 27.0 Å². The van der Waals surface area contributed by atoms with Gasteiger partial charge in [0.2, 0.25) is 5.95 Å². The van der Waals surface area contributed by atoms with Gasteiger partial charge in [0.1, 0.15) is 19.5 Å². The minimum Gasteiger partial charge on any atom is -0.459 e. The Morgan fingerprint density at radius 3 is 2.63 bits per heavy atom. The summed E-state index contributed by atoms with van der Waals surface area (Å²) in [6, 6.07) is 5.97. The Morgan fingerprint density at radius 2 is 2.05 bits per heavy atom. The number of nitrogens with zero attached hydrogens (tertiary/aromatic N) is 3. The van der Waals surface area contributed by atoms with Gasteiger partial charge in [-0.1, -0.05) is 18.2 Å². The molecule has 0 atom stereocenters. The number of benzene rings is 1. The second-order valence-corrected chi connectivity index (χ2v) is 4.33. The predicted octanol–water partition coefficient (Wildman–Crippen LogP) is 1.22. The summed E-state index contributed by atoms with van der Waals surface area (Å²) in [6.45, 7) is 4.26. The van der Waals surface area contributed by atoms with Crippen LogP contribution in [0.15, 0.2) is 24.5 Å². The minimum absolute atomic E-state index is 0.00906. The van der Waals surface area contributed by atoms with E-state index in [4.69, 9.17) is 10.5 Å². The Bertz CT molecular complexity index is 572. The van der Waals surface area contributed by atoms with E-state index >= 15 is 0 Å². The van der Waals surface area contributed by atoms with Crippen LogP contribution in [-0.4, -0.2) is 20.7 Å². The monoisotopic (exact) mass is 260 g/mol. The van der Waals surface area contributed by atoms with E-state index in [9.17, 15) is 4.79 Å². The zero-order valence-electron chi connectivity index (χ0n) is 11.0. The highest BCUT2D eigenvalue weighted by Crippen LogP contribution is 2.14. The summed E-state index contributed by atoms with van der Waals surface area (Å²) < 4.78 is 6.58. The van der Waals surface area contributed by atoms with E-state index in [-0.39, 0.29) is 25.1 Å². The number of rotatable bonds is 4. The molecule has 0 spiro atoms. The van der Waals surface area contributed by atoms with Crippen molar-refractivity contribution in [2.24, 2.45) is 0 Å². The van der Waals surface area contributed by atoms with Crippen LogP contribution >= 0.6 is 0 Å². The Hall–Kier alpha value is -2.37. The topological polar surface area (TPSA) is 83.0 Å². The van der Waals surface area contributed by atoms with Crippen LogP contribution in [0.5, 0.6) is 0 Å². The zero-order chi connectivity index (χ0) is 13.8. The van der Waals surface area contributed by atoms with Gasteiger partial charge in [-0.2, -0.15) is 0 Å². The van der Waals surface area contributed by atoms with Crippen LogP contribution < -0.4 is 5.73 Å². The van der Waals surface area contributed by atoms with Gasteiger partial charge in [-0.15, -0.1) is 5.10 Å². The molecule has 0 saturated heterocycles. The Balaban J connectivity index is 1.93. The number of hydrogen-bond acceptors (Lipinski definition) is 5. The van der Waals surface area contributed by atoms with Crippen molar-refractivity contribution in [3.05, 3.63) is 41.2 Å². The summed E-state index contributed by atoms with van der Waals surface area (Å²) in [5.74, 6) is -0.227. The van der Waals surface area contributed by atoms with Crippen LogP contribution in [0, 0.1) is 13.8 Å². The maximum absolute atomic E-state index is 11.7. The molecule has 19 heavy (non-hydrogen) atoms. The molecule has 1 aromatic heterocycles. The second kappa shape index (κ2) is 5.51. The van der Waals surface area contributed by atoms with Crippen LogP contribution in [0.1, 0.15) is 16.7 Å². The summed E-state index contributed by atoms with van der Waals surface area (Å²) in [5, 5.41) is 3.82. The van der Waals surface area contributed by atoms with Crippen molar-refractivity contribution in [3.63, 3.8) is 0 Å².